The minimum Gasteiger partial charge on any atom is -0.383 e. The standard InChI is InChI=1S/C19H19ClN6O/c1-9(2)26-12-6-7-23-18(21)14(12)16(24-26)17-15(20)11-5-4-10(19(22)27)8-13(11)25(17)3/h4-9H,1-3H3,(H2,21,23)(H2,22,27). The van der Waals surface area contributed by atoms with Gasteiger partial charge in [-0.1, -0.05) is 17.7 Å². The Morgan fingerprint density at radius 1 is 1.22 bits per heavy atom. The number of amides is 1. The molecule has 7 nitrogen and oxygen atoms in total. The first-order valence-corrected chi connectivity index (χ1v) is 8.89. The largest absolute Gasteiger partial charge is 0.383 e. The fourth-order valence-electron chi connectivity index (χ4n) is 3.48. The van der Waals surface area contributed by atoms with E-state index in [0.717, 1.165) is 27.5 Å². The first kappa shape index (κ1) is 17.4. The highest BCUT2D eigenvalue weighted by atomic mass is 35.5. The Morgan fingerprint density at radius 3 is 2.63 bits per heavy atom. The summed E-state index contributed by atoms with van der Waals surface area (Å²) in [6.07, 6.45) is 1.67. The van der Waals surface area contributed by atoms with Crippen molar-refractivity contribution in [3.8, 4) is 11.4 Å². The summed E-state index contributed by atoms with van der Waals surface area (Å²) < 4.78 is 3.81. The summed E-state index contributed by atoms with van der Waals surface area (Å²) in [7, 11) is 1.88. The molecule has 0 unspecified atom stereocenters. The lowest BCUT2D eigenvalue weighted by Crippen LogP contribution is -2.10. The summed E-state index contributed by atoms with van der Waals surface area (Å²) in [5.41, 5.74) is 15.1. The SMILES string of the molecule is CC(C)n1nc(-c2c(Cl)c3ccc(C(N)=O)cc3n2C)c2c(N)nccc21. The zero-order chi connectivity index (χ0) is 19.5. The zero-order valence-electron chi connectivity index (χ0n) is 15.2. The molecule has 8 heteroatoms. The van der Waals surface area contributed by atoms with Crippen LogP contribution < -0.4 is 11.5 Å². The van der Waals surface area contributed by atoms with Crippen molar-refractivity contribution in [3.63, 3.8) is 0 Å². The van der Waals surface area contributed by atoms with E-state index in [4.69, 9.17) is 28.2 Å². The Balaban J connectivity index is 2.10. The summed E-state index contributed by atoms with van der Waals surface area (Å²) in [6, 6.07) is 7.23. The van der Waals surface area contributed by atoms with Crippen LogP contribution in [-0.2, 0) is 7.05 Å². The van der Waals surface area contributed by atoms with Crippen molar-refractivity contribution in [2.75, 3.05) is 5.73 Å². The number of hydrogen-bond donors (Lipinski definition) is 2. The third-order valence-electron chi connectivity index (χ3n) is 4.79. The van der Waals surface area contributed by atoms with Crippen LogP contribution >= 0.6 is 11.6 Å². The molecule has 0 aliphatic heterocycles. The van der Waals surface area contributed by atoms with Gasteiger partial charge in [-0.15, -0.1) is 0 Å². The van der Waals surface area contributed by atoms with Crippen molar-refractivity contribution in [1.29, 1.82) is 0 Å². The number of benzene rings is 1. The predicted octanol–water partition coefficient (Wildman–Crippen LogP) is 3.51. The molecule has 27 heavy (non-hydrogen) atoms. The maximum absolute atomic E-state index is 11.6. The number of carbonyl (C=O) groups is 1. The smallest absolute Gasteiger partial charge is 0.248 e. The van der Waals surface area contributed by atoms with E-state index in [1.54, 1.807) is 24.4 Å². The number of pyridine rings is 1. The second-order valence-corrected chi connectivity index (χ2v) is 7.17. The highest BCUT2D eigenvalue weighted by Crippen LogP contribution is 2.41. The van der Waals surface area contributed by atoms with Crippen LogP contribution in [0.4, 0.5) is 5.82 Å². The van der Waals surface area contributed by atoms with Crippen LogP contribution in [0.2, 0.25) is 5.02 Å². The molecule has 4 aromatic rings. The molecule has 0 saturated heterocycles. The minimum atomic E-state index is -0.487. The van der Waals surface area contributed by atoms with Crippen molar-refractivity contribution >= 4 is 45.1 Å². The summed E-state index contributed by atoms with van der Waals surface area (Å²) in [6.45, 7) is 4.10. The number of carbonyl (C=O) groups excluding carboxylic acids is 1. The molecule has 0 radical (unpaired) electrons. The lowest BCUT2D eigenvalue weighted by molar-refractivity contribution is 0.100. The van der Waals surface area contributed by atoms with E-state index < -0.39 is 5.91 Å². The highest BCUT2D eigenvalue weighted by molar-refractivity contribution is 6.39. The average Bonchev–Trinajstić information content (AvgIpc) is 3.12. The molecule has 0 spiro atoms. The molecule has 0 saturated carbocycles. The second-order valence-electron chi connectivity index (χ2n) is 6.80. The fourth-order valence-corrected chi connectivity index (χ4v) is 3.85. The van der Waals surface area contributed by atoms with Gasteiger partial charge >= 0.3 is 0 Å². The molecular formula is C19H19ClN6O. The minimum absolute atomic E-state index is 0.137. The highest BCUT2D eigenvalue weighted by Gasteiger charge is 2.24. The molecule has 0 bridgehead atoms. The molecule has 4 N–H and O–H groups in total. The van der Waals surface area contributed by atoms with Crippen LogP contribution in [0.25, 0.3) is 33.2 Å². The number of nitrogen functional groups attached to an aromatic ring is 1. The summed E-state index contributed by atoms with van der Waals surface area (Å²) >= 11 is 6.72. The first-order chi connectivity index (χ1) is 12.8. The Labute approximate surface area is 160 Å². The number of nitrogens with two attached hydrogens (primary N) is 2. The van der Waals surface area contributed by atoms with Gasteiger partial charge in [0.2, 0.25) is 5.91 Å². The molecule has 0 atom stereocenters. The van der Waals surface area contributed by atoms with E-state index in [-0.39, 0.29) is 6.04 Å². The first-order valence-electron chi connectivity index (χ1n) is 8.52. The average molecular weight is 383 g/mol. The van der Waals surface area contributed by atoms with Crippen molar-refractivity contribution in [1.82, 2.24) is 19.3 Å². The van der Waals surface area contributed by atoms with E-state index in [1.807, 2.05) is 22.4 Å². The summed E-state index contributed by atoms with van der Waals surface area (Å²) in [4.78, 5) is 15.8. The Bertz CT molecular complexity index is 1220. The van der Waals surface area contributed by atoms with Crippen molar-refractivity contribution < 1.29 is 4.79 Å². The van der Waals surface area contributed by atoms with Crippen molar-refractivity contribution in [2.45, 2.75) is 19.9 Å². The lowest BCUT2D eigenvalue weighted by atomic mass is 10.1. The van der Waals surface area contributed by atoms with Gasteiger partial charge in [0.25, 0.3) is 0 Å². The monoisotopic (exact) mass is 382 g/mol. The maximum Gasteiger partial charge on any atom is 0.248 e. The van der Waals surface area contributed by atoms with Crippen molar-refractivity contribution in [3.05, 3.63) is 41.0 Å². The molecule has 3 heterocycles. The molecule has 4 rings (SSSR count). The van der Waals surface area contributed by atoms with Gasteiger partial charge in [-0.2, -0.15) is 5.10 Å². The number of aryl methyl sites for hydroxylation is 1. The number of anilines is 1. The Hall–Kier alpha value is -3.06. The van der Waals surface area contributed by atoms with Crippen LogP contribution in [0, 0.1) is 0 Å². The number of halogens is 1. The van der Waals surface area contributed by atoms with Gasteiger partial charge in [-0.05, 0) is 32.0 Å². The third kappa shape index (κ3) is 2.46. The third-order valence-corrected chi connectivity index (χ3v) is 5.17. The topological polar surface area (TPSA) is 105 Å². The maximum atomic E-state index is 11.6. The number of rotatable bonds is 3. The number of primary amides is 1. The van der Waals surface area contributed by atoms with Gasteiger partial charge in [0, 0.05) is 30.2 Å². The number of nitrogens with zero attached hydrogens (tertiary/aromatic N) is 4. The Morgan fingerprint density at radius 2 is 1.96 bits per heavy atom. The van der Waals surface area contributed by atoms with E-state index in [1.165, 1.54) is 0 Å². The summed E-state index contributed by atoms with van der Waals surface area (Å²) in [5.74, 6) is -0.0905. The molecule has 0 fully saturated rings. The molecule has 3 aromatic heterocycles. The number of fused-ring (bicyclic) bond motifs is 2. The molecule has 0 aliphatic carbocycles. The van der Waals surface area contributed by atoms with Crippen molar-refractivity contribution in [2.24, 2.45) is 12.8 Å². The van der Waals surface area contributed by atoms with E-state index in [9.17, 15) is 4.79 Å². The predicted molar refractivity (Wildman–Crippen MR) is 108 cm³/mol. The van der Waals surface area contributed by atoms with E-state index in [2.05, 4.69) is 18.8 Å². The molecule has 0 aliphatic rings. The number of hydrogen-bond acceptors (Lipinski definition) is 4. The van der Waals surface area contributed by atoms with Gasteiger partial charge in [0.05, 0.1) is 27.1 Å². The summed E-state index contributed by atoms with van der Waals surface area (Å²) in [5, 5.41) is 6.91. The zero-order valence-corrected chi connectivity index (χ0v) is 15.9. The van der Waals surface area contributed by atoms with E-state index in [0.29, 0.717) is 22.1 Å². The van der Waals surface area contributed by atoms with Crippen LogP contribution in [0.3, 0.4) is 0 Å². The van der Waals surface area contributed by atoms with Gasteiger partial charge in [-0.3, -0.25) is 9.48 Å². The van der Waals surface area contributed by atoms with Crippen LogP contribution in [0.15, 0.2) is 30.5 Å². The van der Waals surface area contributed by atoms with Crippen LogP contribution in [0.1, 0.15) is 30.2 Å². The molecule has 1 aromatic carbocycles. The molecule has 138 valence electrons. The van der Waals surface area contributed by atoms with E-state index >= 15 is 0 Å². The second kappa shape index (κ2) is 5.99. The van der Waals surface area contributed by atoms with Crippen LogP contribution in [0.5, 0.6) is 0 Å². The van der Waals surface area contributed by atoms with Gasteiger partial charge in [0.1, 0.15) is 11.5 Å². The quantitative estimate of drug-likeness (QED) is 0.565. The lowest BCUT2D eigenvalue weighted by Gasteiger charge is -2.06. The van der Waals surface area contributed by atoms with Crippen LogP contribution in [-0.4, -0.2) is 25.2 Å². The number of aromatic nitrogens is 4. The fraction of sp³-hybridized carbons (Fsp3) is 0.211. The molecule has 1 amide bonds. The van der Waals surface area contributed by atoms with Gasteiger partial charge in [-0.25, -0.2) is 4.98 Å². The normalized spacial score (nSPS) is 11.7. The van der Waals surface area contributed by atoms with Gasteiger partial charge in [0.15, 0.2) is 0 Å². The molecular weight excluding hydrogens is 364 g/mol. The van der Waals surface area contributed by atoms with Gasteiger partial charge < -0.3 is 16.0 Å². The Kier molecular flexibility index (Phi) is 3.85.